The van der Waals surface area contributed by atoms with Crippen molar-refractivity contribution in [3.8, 4) is 5.75 Å². The minimum absolute atomic E-state index is 0.483. The van der Waals surface area contributed by atoms with E-state index in [-0.39, 0.29) is 0 Å². The van der Waals surface area contributed by atoms with Crippen LogP contribution in [0.4, 0.5) is 0 Å². The highest BCUT2D eigenvalue weighted by Gasteiger charge is 2.00. The predicted octanol–water partition coefficient (Wildman–Crippen LogP) is 2.29. The predicted molar refractivity (Wildman–Crippen MR) is 56.9 cm³/mol. The summed E-state index contributed by atoms with van der Waals surface area (Å²) >= 11 is 3.26. The van der Waals surface area contributed by atoms with E-state index in [4.69, 9.17) is 9.47 Å². The van der Waals surface area contributed by atoms with Gasteiger partial charge in [-0.15, -0.1) is 0 Å². The molecule has 1 rings (SSSR count). The van der Waals surface area contributed by atoms with Crippen molar-refractivity contribution < 1.29 is 14.3 Å². The molecule has 76 valence electrons. The number of halogens is 1. The Hall–Kier alpha value is -0.870. The van der Waals surface area contributed by atoms with Crippen LogP contribution in [0.25, 0.3) is 0 Å². The van der Waals surface area contributed by atoms with Gasteiger partial charge in [0.2, 0.25) is 0 Å². The van der Waals surface area contributed by atoms with Crippen LogP contribution in [0.15, 0.2) is 22.7 Å². The van der Waals surface area contributed by atoms with Gasteiger partial charge in [0.1, 0.15) is 12.4 Å². The molecule has 0 aliphatic carbocycles. The van der Waals surface area contributed by atoms with E-state index in [9.17, 15) is 4.79 Å². The number of carbonyl (C=O) groups is 1. The van der Waals surface area contributed by atoms with Crippen molar-refractivity contribution in [3.63, 3.8) is 0 Å². The molecule has 0 aliphatic rings. The lowest BCUT2D eigenvalue weighted by molar-refractivity contribution is 0.112. The molecule has 1 aromatic carbocycles. The first-order valence-corrected chi connectivity index (χ1v) is 4.93. The van der Waals surface area contributed by atoms with E-state index in [0.29, 0.717) is 24.5 Å². The van der Waals surface area contributed by atoms with E-state index in [2.05, 4.69) is 15.9 Å². The number of rotatable bonds is 5. The van der Waals surface area contributed by atoms with Gasteiger partial charge in [-0.2, -0.15) is 0 Å². The van der Waals surface area contributed by atoms with Gasteiger partial charge >= 0.3 is 0 Å². The number of hydrogen-bond acceptors (Lipinski definition) is 3. The molecule has 0 amide bonds. The summed E-state index contributed by atoms with van der Waals surface area (Å²) in [7, 11) is 1.61. The van der Waals surface area contributed by atoms with Crippen molar-refractivity contribution in [2.24, 2.45) is 0 Å². The Bertz CT molecular complexity index is 312. The fourth-order valence-corrected chi connectivity index (χ4v) is 1.28. The SMILES string of the molecule is COCCOc1ccc(Br)c(C=O)c1. The van der Waals surface area contributed by atoms with Crippen LogP contribution in [0.5, 0.6) is 5.75 Å². The number of carbonyl (C=O) groups excluding carboxylic acids is 1. The fraction of sp³-hybridized carbons (Fsp3) is 0.300. The maximum Gasteiger partial charge on any atom is 0.151 e. The summed E-state index contributed by atoms with van der Waals surface area (Å²) in [4.78, 5) is 10.6. The largest absolute Gasteiger partial charge is 0.491 e. The number of methoxy groups -OCH3 is 1. The first-order valence-electron chi connectivity index (χ1n) is 4.14. The Morgan fingerprint density at radius 2 is 2.21 bits per heavy atom. The molecule has 4 heteroatoms. The number of aldehydes is 1. The molecule has 0 saturated heterocycles. The summed E-state index contributed by atoms with van der Waals surface area (Å²) in [6.45, 7) is 1.02. The van der Waals surface area contributed by atoms with Crippen LogP contribution in [0.3, 0.4) is 0 Å². The summed E-state index contributed by atoms with van der Waals surface area (Å²) < 4.78 is 10.9. The van der Waals surface area contributed by atoms with Gasteiger partial charge in [-0.05, 0) is 18.2 Å². The summed E-state index contributed by atoms with van der Waals surface area (Å²) in [5, 5.41) is 0. The van der Waals surface area contributed by atoms with E-state index in [1.165, 1.54) is 0 Å². The van der Waals surface area contributed by atoms with E-state index in [1.54, 1.807) is 25.3 Å². The Balaban J connectivity index is 2.64. The molecule has 0 aromatic heterocycles. The van der Waals surface area contributed by atoms with Crippen molar-refractivity contribution in [2.45, 2.75) is 0 Å². The zero-order chi connectivity index (χ0) is 10.4. The Kier molecular flexibility index (Phi) is 4.62. The minimum atomic E-state index is 0.483. The average molecular weight is 259 g/mol. The Morgan fingerprint density at radius 1 is 1.43 bits per heavy atom. The van der Waals surface area contributed by atoms with Crippen LogP contribution in [-0.4, -0.2) is 26.6 Å². The van der Waals surface area contributed by atoms with Crippen LogP contribution in [-0.2, 0) is 4.74 Å². The third kappa shape index (κ3) is 3.12. The van der Waals surface area contributed by atoms with Gasteiger partial charge in [0, 0.05) is 17.1 Å². The molecule has 0 radical (unpaired) electrons. The number of hydrogen-bond donors (Lipinski definition) is 0. The second kappa shape index (κ2) is 5.78. The van der Waals surface area contributed by atoms with E-state index in [0.717, 1.165) is 10.8 Å². The highest BCUT2D eigenvalue weighted by molar-refractivity contribution is 9.10. The molecule has 0 bridgehead atoms. The lowest BCUT2D eigenvalue weighted by Crippen LogP contribution is -2.04. The molecule has 0 atom stereocenters. The van der Waals surface area contributed by atoms with Gasteiger partial charge in [0.15, 0.2) is 6.29 Å². The van der Waals surface area contributed by atoms with E-state index >= 15 is 0 Å². The van der Waals surface area contributed by atoms with Crippen LogP contribution in [0.2, 0.25) is 0 Å². The molecule has 0 saturated carbocycles. The third-order valence-corrected chi connectivity index (χ3v) is 2.37. The summed E-state index contributed by atoms with van der Waals surface area (Å²) in [6, 6.07) is 5.27. The highest BCUT2D eigenvalue weighted by Crippen LogP contribution is 2.20. The minimum Gasteiger partial charge on any atom is -0.491 e. The molecule has 0 unspecified atom stereocenters. The maximum absolute atomic E-state index is 10.6. The molecular formula is C10H11BrO3. The average Bonchev–Trinajstić information content (AvgIpc) is 2.21. The van der Waals surface area contributed by atoms with Gasteiger partial charge in [0.25, 0.3) is 0 Å². The monoisotopic (exact) mass is 258 g/mol. The molecule has 0 fully saturated rings. The molecule has 3 nitrogen and oxygen atoms in total. The lowest BCUT2D eigenvalue weighted by Gasteiger charge is -2.06. The van der Waals surface area contributed by atoms with Crippen molar-refractivity contribution >= 4 is 22.2 Å². The second-order valence-corrected chi connectivity index (χ2v) is 3.50. The molecule has 1 aromatic rings. The smallest absolute Gasteiger partial charge is 0.151 e. The van der Waals surface area contributed by atoms with Crippen LogP contribution >= 0.6 is 15.9 Å². The van der Waals surface area contributed by atoms with Crippen LogP contribution in [0, 0.1) is 0 Å². The zero-order valence-electron chi connectivity index (χ0n) is 7.83. The van der Waals surface area contributed by atoms with Crippen molar-refractivity contribution in [1.29, 1.82) is 0 Å². The molecule has 0 spiro atoms. The van der Waals surface area contributed by atoms with Crippen molar-refractivity contribution in [1.82, 2.24) is 0 Å². The molecule has 0 aliphatic heterocycles. The standard InChI is InChI=1S/C10H11BrO3/c1-13-4-5-14-9-2-3-10(11)8(6-9)7-12/h2-3,6-7H,4-5H2,1H3. The first-order chi connectivity index (χ1) is 6.77. The number of ether oxygens (including phenoxy) is 2. The van der Waals surface area contributed by atoms with Gasteiger partial charge < -0.3 is 9.47 Å². The normalized spacial score (nSPS) is 9.86. The molecule has 14 heavy (non-hydrogen) atoms. The maximum atomic E-state index is 10.6. The fourth-order valence-electron chi connectivity index (χ4n) is 0.945. The Morgan fingerprint density at radius 3 is 2.86 bits per heavy atom. The van der Waals surface area contributed by atoms with Gasteiger partial charge in [0.05, 0.1) is 6.61 Å². The lowest BCUT2D eigenvalue weighted by atomic mass is 10.2. The zero-order valence-corrected chi connectivity index (χ0v) is 9.41. The Labute approximate surface area is 91.1 Å². The molecule has 0 heterocycles. The van der Waals surface area contributed by atoms with Crippen LogP contribution < -0.4 is 4.74 Å². The summed E-state index contributed by atoms with van der Waals surface area (Å²) in [5.74, 6) is 0.673. The number of benzene rings is 1. The van der Waals surface area contributed by atoms with E-state index < -0.39 is 0 Å². The van der Waals surface area contributed by atoms with Gasteiger partial charge in [-0.25, -0.2) is 0 Å². The quantitative estimate of drug-likeness (QED) is 0.601. The molecular weight excluding hydrogens is 248 g/mol. The summed E-state index contributed by atoms with van der Waals surface area (Å²) in [6.07, 6.45) is 0.785. The first kappa shape index (κ1) is 11.2. The third-order valence-electron chi connectivity index (χ3n) is 1.65. The van der Waals surface area contributed by atoms with Crippen molar-refractivity contribution in [2.75, 3.05) is 20.3 Å². The highest BCUT2D eigenvalue weighted by atomic mass is 79.9. The van der Waals surface area contributed by atoms with Crippen LogP contribution in [0.1, 0.15) is 10.4 Å². The van der Waals surface area contributed by atoms with Gasteiger partial charge in [-0.3, -0.25) is 4.79 Å². The van der Waals surface area contributed by atoms with Crippen molar-refractivity contribution in [3.05, 3.63) is 28.2 Å². The summed E-state index contributed by atoms with van der Waals surface area (Å²) in [5.41, 5.74) is 0.583. The molecule has 0 N–H and O–H groups in total. The van der Waals surface area contributed by atoms with Gasteiger partial charge in [-0.1, -0.05) is 15.9 Å². The van der Waals surface area contributed by atoms with E-state index in [1.807, 2.05) is 0 Å². The second-order valence-electron chi connectivity index (χ2n) is 2.64. The topological polar surface area (TPSA) is 35.5 Å².